The van der Waals surface area contributed by atoms with Gasteiger partial charge in [-0.3, -0.25) is 0 Å². The number of H-pyrrole nitrogens is 1. The van der Waals surface area contributed by atoms with Crippen LogP contribution in [0.25, 0.3) is 10.9 Å². The zero-order chi connectivity index (χ0) is 12.5. The highest BCUT2D eigenvalue weighted by molar-refractivity contribution is 7.98. The van der Waals surface area contributed by atoms with E-state index in [0.29, 0.717) is 12.2 Å². The van der Waals surface area contributed by atoms with E-state index in [2.05, 4.69) is 4.98 Å². The van der Waals surface area contributed by atoms with Gasteiger partial charge in [0, 0.05) is 22.3 Å². The lowest BCUT2D eigenvalue weighted by atomic mass is 10.1. The van der Waals surface area contributed by atoms with E-state index in [-0.39, 0.29) is 5.97 Å². The van der Waals surface area contributed by atoms with Crippen LogP contribution in [-0.4, -0.2) is 23.3 Å². The number of fused-ring (bicyclic) bond motifs is 3. The van der Waals surface area contributed by atoms with E-state index in [1.807, 2.05) is 36.9 Å². The average molecular weight is 261 g/mol. The minimum Gasteiger partial charge on any atom is -0.462 e. The number of benzene rings is 1. The van der Waals surface area contributed by atoms with Crippen molar-refractivity contribution in [2.45, 2.75) is 19.1 Å². The van der Waals surface area contributed by atoms with Crippen LogP contribution in [0.15, 0.2) is 18.2 Å². The van der Waals surface area contributed by atoms with Crippen LogP contribution in [0.2, 0.25) is 0 Å². The van der Waals surface area contributed by atoms with Crippen molar-refractivity contribution < 1.29 is 9.53 Å². The summed E-state index contributed by atoms with van der Waals surface area (Å²) in [6.07, 6.45) is 1.09. The van der Waals surface area contributed by atoms with Gasteiger partial charge in [0.2, 0.25) is 0 Å². The van der Waals surface area contributed by atoms with Crippen LogP contribution in [0.5, 0.6) is 0 Å². The second kappa shape index (κ2) is 4.69. The highest BCUT2D eigenvalue weighted by Gasteiger charge is 2.17. The smallest absolute Gasteiger partial charge is 0.338 e. The number of ether oxygens (including phenoxy) is 1. The average Bonchev–Trinajstić information content (AvgIpc) is 2.76. The zero-order valence-corrected chi connectivity index (χ0v) is 11.1. The Bertz CT molecular complexity index is 603. The highest BCUT2D eigenvalue weighted by Crippen LogP contribution is 2.31. The predicted octanol–water partition coefficient (Wildman–Crippen LogP) is 3.13. The molecular weight excluding hydrogens is 246 g/mol. The molecule has 0 fully saturated rings. The van der Waals surface area contributed by atoms with Crippen molar-refractivity contribution in [3.05, 3.63) is 35.0 Å². The van der Waals surface area contributed by atoms with Gasteiger partial charge in [-0.05, 0) is 42.9 Å². The molecule has 3 rings (SSSR count). The molecule has 4 heteroatoms. The van der Waals surface area contributed by atoms with E-state index < -0.39 is 0 Å². The molecule has 2 aromatic rings. The molecule has 3 nitrogen and oxygen atoms in total. The third kappa shape index (κ3) is 1.90. The number of aromatic nitrogens is 1. The van der Waals surface area contributed by atoms with Crippen molar-refractivity contribution in [1.29, 1.82) is 0 Å². The number of aromatic amines is 1. The molecule has 18 heavy (non-hydrogen) atoms. The number of thioether (sulfide) groups is 1. The van der Waals surface area contributed by atoms with Gasteiger partial charge in [0.05, 0.1) is 12.2 Å². The lowest BCUT2D eigenvalue weighted by Gasteiger charge is -2.10. The number of esters is 1. The number of nitrogens with one attached hydrogen (secondary N) is 1. The summed E-state index contributed by atoms with van der Waals surface area (Å²) in [5.41, 5.74) is 4.44. The monoisotopic (exact) mass is 261 g/mol. The fourth-order valence-electron chi connectivity index (χ4n) is 2.37. The summed E-state index contributed by atoms with van der Waals surface area (Å²) in [7, 11) is 0. The quantitative estimate of drug-likeness (QED) is 0.844. The Morgan fingerprint density at radius 3 is 3.22 bits per heavy atom. The minimum atomic E-state index is -0.238. The first-order valence-electron chi connectivity index (χ1n) is 6.18. The molecule has 0 radical (unpaired) electrons. The van der Waals surface area contributed by atoms with Gasteiger partial charge in [-0.25, -0.2) is 4.79 Å². The summed E-state index contributed by atoms with van der Waals surface area (Å²) >= 11 is 1.95. The first kappa shape index (κ1) is 11.7. The van der Waals surface area contributed by atoms with Crippen molar-refractivity contribution in [3.63, 3.8) is 0 Å². The molecule has 0 unspecified atom stereocenters. The van der Waals surface area contributed by atoms with Crippen LogP contribution >= 0.6 is 11.8 Å². The van der Waals surface area contributed by atoms with Crippen LogP contribution in [0.4, 0.5) is 0 Å². The van der Waals surface area contributed by atoms with Crippen LogP contribution in [-0.2, 0) is 16.9 Å². The summed E-state index contributed by atoms with van der Waals surface area (Å²) in [4.78, 5) is 15.2. The molecular formula is C14H15NO2S. The van der Waals surface area contributed by atoms with Crippen LogP contribution in [0.1, 0.15) is 28.5 Å². The Hall–Kier alpha value is -1.42. The number of hydrogen-bond acceptors (Lipinski definition) is 3. The topological polar surface area (TPSA) is 42.1 Å². The van der Waals surface area contributed by atoms with E-state index >= 15 is 0 Å². The van der Waals surface area contributed by atoms with Crippen molar-refractivity contribution in [2.24, 2.45) is 0 Å². The van der Waals surface area contributed by atoms with Gasteiger partial charge < -0.3 is 9.72 Å². The van der Waals surface area contributed by atoms with Gasteiger partial charge in [-0.1, -0.05) is 0 Å². The summed E-state index contributed by atoms with van der Waals surface area (Å²) in [5, 5.41) is 1.17. The molecule has 0 spiro atoms. The SMILES string of the molecule is CCOC(=O)c1ccc2[nH]c3c(c2c1)CSCC3. The molecule has 1 N–H and O–H groups in total. The van der Waals surface area contributed by atoms with E-state index in [0.717, 1.165) is 17.7 Å². The maximum atomic E-state index is 11.7. The molecule has 1 aliphatic rings. The van der Waals surface area contributed by atoms with Gasteiger partial charge in [0.15, 0.2) is 0 Å². The van der Waals surface area contributed by atoms with Crippen molar-refractivity contribution in [2.75, 3.05) is 12.4 Å². The molecule has 1 aromatic carbocycles. The van der Waals surface area contributed by atoms with Crippen LogP contribution in [0.3, 0.4) is 0 Å². The molecule has 0 saturated heterocycles. The second-order valence-electron chi connectivity index (χ2n) is 4.37. The molecule has 0 saturated carbocycles. The fraction of sp³-hybridized carbons (Fsp3) is 0.357. The molecule has 1 aromatic heterocycles. The number of aryl methyl sites for hydroxylation is 1. The van der Waals surface area contributed by atoms with Crippen molar-refractivity contribution in [1.82, 2.24) is 4.98 Å². The Kier molecular flexibility index (Phi) is 3.04. The summed E-state index contributed by atoms with van der Waals surface area (Å²) in [5.74, 6) is 1.96. The lowest BCUT2D eigenvalue weighted by molar-refractivity contribution is 0.0526. The Balaban J connectivity index is 2.08. The first-order valence-corrected chi connectivity index (χ1v) is 7.33. The normalized spacial score (nSPS) is 14.5. The maximum absolute atomic E-state index is 11.7. The summed E-state index contributed by atoms with van der Waals surface area (Å²) < 4.78 is 5.04. The number of carbonyl (C=O) groups excluding carboxylic acids is 1. The molecule has 0 bridgehead atoms. The number of rotatable bonds is 2. The largest absolute Gasteiger partial charge is 0.462 e. The maximum Gasteiger partial charge on any atom is 0.338 e. The molecule has 1 aliphatic heterocycles. The molecule has 0 amide bonds. The van der Waals surface area contributed by atoms with Crippen LogP contribution in [0, 0.1) is 0 Å². The van der Waals surface area contributed by atoms with Gasteiger partial charge in [-0.15, -0.1) is 0 Å². The van der Waals surface area contributed by atoms with E-state index in [4.69, 9.17) is 4.74 Å². The molecule has 2 heterocycles. The van der Waals surface area contributed by atoms with E-state index in [1.165, 1.54) is 22.4 Å². The standard InChI is InChI=1S/C14H15NO2S/c1-2-17-14(16)9-3-4-12-10(7-9)11-8-18-6-5-13(11)15-12/h3-4,7,15H,2,5-6,8H2,1H3. The van der Waals surface area contributed by atoms with Crippen molar-refractivity contribution >= 4 is 28.6 Å². The molecule has 94 valence electrons. The lowest BCUT2D eigenvalue weighted by Crippen LogP contribution is -2.04. The Morgan fingerprint density at radius 2 is 2.39 bits per heavy atom. The summed E-state index contributed by atoms with van der Waals surface area (Å²) in [6, 6.07) is 5.76. The third-order valence-corrected chi connectivity index (χ3v) is 4.23. The van der Waals surface area contributed by atoms with Gasteiger partial charge >= 0.3 is 5.97 Å². The van der Waals surface area contributed by atoms with Gasteiger partial charge in [-0.2, -0.15) is 11.8 Å². The van der Waals surface area contributed by atoms with E-state index in [1.54, 1.807) is 0 Å². The molecule has 0 aliphatic carbocycles. The number of carbonyl (C=O) groups is 1. The second-order valence-corrected chi connectivity index (χ2v) is 5.47. The minimum absolute atomic E-state index is 0.238. The Morgan fingerprint density at radius 1 is 1.50 bits per heavy atom. The zero-order valence-electron chi connectivity index (χ0n) is 10.3. The first-order chi connectivity index (χ1) is 8.79. The molecule has 0 atom stereocenters. The predicted molar refractivity (Wildman–Crippen MR) is 74.1 cm³/mol. The number of hydrogen-bond donors (Lipinski definition) is 1. The van der Waals surface area contributed by atoms with Gasteiger partial charge in [0.1, 0.15) is 0 Å². The highest BCUT2D eigenvalue weighted by atomic mass is 32.2. The van der Waals surface area contributed by atoms with E-state index in [9.17, 15) is 4.79 Å². The van der Waals surface area contributed by atoms with Crippen LogP contribution < -0.4 is 0 Å². The van der Waals surface area contributed by atoms with Gasteiger partial charge in [0.25, 0.3) is 0 Å². The third-order valence-electron chi connectivity index (χ3n) is 3.25. The summed E-state index contributed by atoms with van der Waals surface area (Å²) in [6.45, 7) is 2.24. The Labute approximate surface area is 110 Å². The van der Waals surface area contributed by atoms with Crippen molar-refractivity contribution in [3.8, 4) is 0 Å². The fourth-order valence-corrected chi connectivity index (χ4v) is 3.40.